The SMILES string of the molecule is Cc1cc(CN(C)C(=O)c2cc(Br)cn2C2CC2)no1. The second-order valence-corrected chi connectivity index (χ2v) is 6.19. The van der Waals surface area contributed by atoms with Gasteiger partial charge in [0.05, 0.1) is 6.54 Å². The molecule has 1 aliphatic rings. The van der Waals surface area contributed by atoms with Crippen molar-refractivity contribution in [1.29, 1.82) is 0 Å². The highest BCUT2D eigenvalue weighted by Gasteiger charge is 2.28. The first kappa shape index (κ1) is 13.4. The van der Waals surface area contributed by atoms with E-state index in [2.05, 4.69) is 25.7 Å². The minimum atomic E-state index is 0.00301. The summed E-state index contributed by atoms with van der Waals surface area (Å²) >= 11 is 3.45. The lowest BCUT2D eigenvalue weighted by atomic mass is 10.3. The summed E-state index contributed by atoms with van der Waals surface area (Å²) in [7, 11) is 1.78. The van der Waals surface area contributed by atoms with Crippen molar-refractivity contribution in [3.05, 3.63) is 40.0 Å². The minimum Gasteiger partial charge on any atom is -0.361 e. The largest absolute Gasteiger partial charge is 0.361 e. The first-order valence-electron chi connectivity index (χ1n) is 6.59. The number of nitrogens with zero attached hydrogens (tertiary/aromatic N) is 3. The Balaban J connectivity index is 1.77. The van der Waals surface area contributed by atoms with Gasteiger partial charge in [0.25, 0.3) is 5.91 Å². The number of halogens is 1. The summed E-state index contributed by atoms with van der Waals surface area (Å²) in [6, 6.07) is 4.20. The van der Waals surface area contributed by atoms with Crippen molar-refractivity contribution in [2.75, 3.05) is 7.05 Å². The molecule has 0 unspecified atom stereocenters. The van der Waals surface area contributed by atoms with Crippen LogP contribution in [0.4, 0.5) is 0 Å². The standard InChI is InChI=1S/C14H16BrN3O2/c1-9-5-11(16-20-9)8-17(2)14(19)13-6-10(15)7-18(13)12-3-4-12/h5-7,12H,3-4,8H2,1-2H3. The predicted molar refractivity (Wildman–Crippen MR) is 77.4 cm³/mol. The summed E-state index contributed by atoms with van der Waals surface area (Å²) in [6.45, 7) is 2.29. The number of amides is 1. The highest BCUT2D eigenvalue weighted by molar-refractivity contribution is 9.10. The molecule has 2 heterocycles. The Labute approximate surface area is 125 Å². The average molecular weight is 338 g/mol. The van der Waals surface area contributed by atoms with Crippen LogP contribution in [0, 0.1) is 6.92 Å². The van der Waals surface area contributed by atoms with E-state index in [0.717, 1.165) is 34.5 Å². The van der Waals surface area contributed by atoms with Gasteiger partial charge in [0, 0.05) is 29.8 Å². The molecule has 2 aromatic heterocycles. The van der Waals surface area contributed by atoms with Crippen LogP contribution < -0.4 is 0 Å². The van der Waals surface area contributed by atoms with Crippen molar-refractivity contribution in [2.45, 2.75) is 32.4 Å². The van der Waals surface area contributed by atoms with Gasteiger partial charge in [0.2, 0.25) is 0 Å². The van der Waals surface area contributed by atoms with E-state index in [9.17, 15) is 4.79 Å². The van der Waals surface area contributed by atoms with Crippen molar-refractivity contribution in [3.8, 4) is 0 Å². The van der Waals surface area contributed by atoms with Gasteiger partial charge in [-0.1, -0.05) is 5.16 Å². The average Bonchev–Trinajstić information content (AvgIpc) is 3.07. The molecule has 0 spiro atoms. The Kier molecular flexibility index (Phi) is 3.41. The van der Waals surface area contributed by atoms with Crippen LogP contribution in [0.15, 0.2) is 27.3 Å². The zero-order valence-electron chi connectivity index (χ0n) is 11.5. The third-order valence-electron chi connectivity index (χ3n) is 3.40. The molecule has 0 saturated heterocycles. The van der Waals surface area contributed by atoms with Crippen molar-refractivity contribution in [3.63, 3.8) is 0 Å². The number of rotatable bonds is 4. The van der Waals surface area contributed by atoms with E-state index in [1.54, 1.807) is 11.9 Å². The maximum atomic E-state index is 12.5. The Hall–Kier alpha value is -1.56. The normalized spacial score (nSPS) is 14.6. The van der Waals surface area contributed by atoms with Gasteiger partial charge in [-0.05, 0) is 41.8 Å². The first-order valence-corrected chi connectivity index (χ1v) is 7.39. The van der Waals surface area contributed by atoms with Crippen molar-refractivity contribution >= 4 is 21.8 Å². The van der Waals surface area contributed by atoms with Gasteiger partial charge in [-0.25, -0.2) is 0 Å². The maximum Gasteiger partial charge on any atom is 0.270 e. The molecule has 0 aliphatic heterocycles. The zero-order chi connectivity index (χ0) is 14.3. The lowest BCUT2D eigenvalue weighted by Gasteiger charge is -2.16. The van der Waals surface area contributed by atoms with Crippen molar-refractivity contribution < 1.29 is 9.32 Å². The number of aromatic nitrogens is 2. The van der Waals surface area contributed by atoms with Crippen LogP contribution in [0.3, 0.4) is 0 Å². The van der Waals surface area contributed by atoms with E-state index in [4.69, 9.17) is 4.52 Å². The first-order chi connectivity index (χ1) is 9.54. The zero-order valence-corrected chi connectivity index (χ0v) is 13.1. The van der Waals surface area contributed by atoms with Gasteiger partial charge >= 0.3 is 0 Å². The molecule has 1 amide bonds. The topological polar surface area (TPSA) is 51.3 Å². The van der Waals surface area contributed by atoms with Crippen LogP contribution in [0.5, 0.6) is 0 Å². The third kappa shape index (κ3) is 2.65. The van der Waals surface area contributed by atoms with Gasteiger partial charge in [-0.3, -0.25) is 4.79 Å². The number of carbonyl (C=O) groups is 1. The molecule has 1 aliphatic carbocycles. The van der Waals surface area contributed by atoms with Crippen molar-refractivity contribution in [2.24, 2.45) is 0 Å². The minimum absolute atomic E-state index is 0.00301. The summed E-state index contributed by atoms with van der Waals surface area (Å²) in [6.07, 6.45) is 4.28. The summed E-state index contributed by atoms with van der Waals surface area (Å²) in [5.41, 5.74) is 1.49. The summed E-state index contributed by atoms with van der Waals surface area (Å²) in [5, 5.41) is 3.92. The second kappa shape index (κ2) is 5.09. The molecule has 1 fully saturated rings. The van der Waals surface area contributed by atoms with E-state index in [0.29, 0.717) is 12.6 Å². The van der Waals surface area contributed by atoms with E-state index >= 15 is 0 Å². The molecular formula is C14H16BrN3O2. The van der Waals surface area contributed by atoms with E-state index in [1.165, 1.54) is 0 Å². The summed E-state index contributed by atoms with van der Waals surface area (Å²) in [4.78, 5) is 14.2. The van der Waals surface area contributed by atoms with Gasteiger partial charge < -0.3 is 14.0 Å². The fourth-order valence-electron chi connectivity index (χ4n) is 2.27. The Morgan fingerprint density at radius 2 is 2.30 bits per heavy atom. The lowest BCUT2D eigenvalue weighted by Crippen LogP contribution is -2.28. The monoisotopic (exact) mass is 337 g/mol. The Morgan fingerprint density at radius 3 is 2.90 bits per heavy atom. The van der Waals surface area contributed by atoms with Gasteiger partial charge in [-0.2, -0.15) is 0 Å². The highest BCUT2D eigenvalue weighted by atomic mass is 79.9. The van der Waals surface area contributed by atoms with E-state index in [1.807, 2.05) is 25.3 Å². The van der Waals surface area contributed by atoms with Crippen LogP contribution in [0.1, 0.15) is 40.8 Å². The molecule has 1 saturated carbocycles. The van der Waals surface area contributed by atoms with E-state index < -0.39 is 0 Å². The van der Waals surface area contributed by atoms with Gasteiger partial charge in [-0.15, -0.1) is 0 Å². The molecule has 0 aromatic carbocycles. The molecule has 2 aromatic rings. The quantitative estimate of drug-likeness (QED) is 0.861. The Bertz CT molecular complexity index is 643. The second-order valence-electron chi connectivity index (χ2n) is 5.27. The molecule has 3 rings (SSSR count). The molecule has 106 valence electrons. The van der Waals surface area contributed by atoms with Crippen LogP contribution in [0.2, 0.25) is 0 Å². The molecule has 6 heteroatoms. The fourth-order valence-corrected chi connectivity index (χ4v) is 2.71. The van der Waals surface area contributed by atoms with Crippen LogP contribution >= 0.6 is 15.9 Å². The molecule has 0 radical (unpaired) electrons. The van der Waals surface area contributed by atoms with Gasteiger partial charge in [0.15, 0.2) is 0 Å². The highest BCUT2D eigenvalue weighted by Crippen LogP contribution is 2.37. The smallest absolute Gasteiger partial charge is 0.270 e. The summed E-state index contributed by atoms with van der Waals surface area (Å²) in [5.74, 6) is 0.758. The van der Waals surface area contributed by atoms with Crippen LogP contribution in [0.25, 0.3) is 0 Å². The van der Waals surface area contributed by atoms with Crippen LogP contribution in [-0.4, -0.2) is 27.6 Å². The number of hydrogen-bond acceptors (Lipinski definition) is 3. The number of aryl methyl sites for hydroxylation is 1. The molecule has 0 N–H and O–H groups in total. The number of carbonyl (C=O) groups excluding carboxylic acids is 1. The molecule has 20 heavy (non-hydrogen) atoms. The summed E-state index contributed by atoms with van der Waals surface area (Å²) < 4.78 is 8.04. The Morgan fingerprint density at radius 1 is 1.55 bits per heavy atom. The maximum absolute atomic E-state index is 12.5. The molecule has 0 atom stereocenters. The molecule has 5 nitrogen and oxygen atoms in total. The third-order valence-corrected chi connectivity index (χ3v) is 3.83. The number of hydrogen-bond donors (Lipinski definition) is 0. The lowest BCUT2D eigenvalue weighted by molar-refractivity contribution is 0.0771. The molecular weight excluding hydrogens is 322 g/mol. The van der Waals surface area contributed by atoms with Crippen LogP contribution in [-0.2, 0) is 6.54 Å². The molecule has 0 bridgehead atoms. The fraction of sp³-hybridized carbons (Fsp3) is 0.429. The van der Waals surface area contributed by atoms with E-state index in [-0.39, 0.29) is 5.91 Å². The predicted octanol–water partition coefficient (Wildman–Crippen LogP) is 3.15. The van der Waals surface area contributed by atoms with Gasteiger partial charge in [0.1, 0.15) is 17.1 Å². The van der Waals surface area contributed by atoms with Crippen molar-refractivity contribution in [1.82, 2.24) is 14.6 Å².